The zero-order valence-electron chi connectivity index (χ0n) is 17.7. The highest BCUT2D eigenvalue weighted by molar-refractivity contribution is 6.10. The van der Waals surface area contributed by atoms with Gasteiger partial charge in [-0.1, -0.05) is 19.1 Å². The number of aryl methyl sites for hydroxylation is 1. The number of guanidine groups is 1. The Hall–Kier alpha value is -3.06. The predicted molar refractivity (Wildman–Crippen MR) is 118 cm³/mol. The maximum atomic E-state index is 12.8. The minimum absolute atomic E-state index is 0.0717. The summed E-state index contributed by atoms with van der Waals surface area (Å²) in [6.07, 6.45) is 3.00. The minimum atomic E-state index is -0.230. The number of amides is 1. The number of carbonyl (C=O) groups is 1. The molecular weight excluding hydrogens is 382 g/mol. The largest absolute Gasteiger partial charge is 0.497 e. The second-order valence-corrected chi connectivity index (χ2v) is 7.06. The first-order chi connectivity index (χ1) is 14.6. The van der Waals surface area contributed by atoms with Gasteiger partial charge in [0, 0.05) is 36.1 Å². The molecule has 1 heterocycles. The van der Waals surface area contributed by atoms with Crippen molar-refractivity contribution in [3.63, 3.8) is 0 Å². The number of benzene rings is 2. The van der Waals surface area contributed by atoms with Crippen molar-refractivity contribution in [2.45, 2.75) is 32.3 Å². The Morgan fingerprint density at radius 3 is 2.40 bits per heavy atom. The first kappa shape index (κ1) is 21.6. The third-order valence-corrected chi connectivity index (χ3v) is 4.95. The Bertz CT molecular complexity index is 852. The number of aliphatic imine (C=N–C) groups is 1. The number of ether oxygens (including phenoxy) is 3. The van der Waals surface area contributed by atoms with E-state index in [9.17, 15) is 4.79 Å². The van der Waals surface area contributed by atoms with E-state index in [2.05, 4.69) is 22.5 Å². The molecule has 0 aliphatic carbocycles. The Morgan fingerprint density at radius 2 is 1.83 bits per heavy atom. The fourth-order valence-corrected chi connectivity index (χ4v) is 3.18. The second-order valence-electron chi connectivity index (χ2n) is 7.06. The summed E-state index contributed by atoms with van der Waals surface area (Å²) in [6.45, 7) is 3.31. The smallest absolute Gasteiger partial charge is 0.257 e. The molecule has 30 heavy (non-hydrogen) atoms. The zero-order valence-corrected chi connectivity index (χ0v) is 17.7. The molecule has 1 aliphatic rings. The lowest BCUT2D eigenvalue weighted by Gasteiger charge is -2.15. The predicted octanol–water partition coefficient (Wildman–Crippen LogP) is 3.64. The molecule has 1 fully saturated rings. The molecular formula is C23H29N3O4. The van der Waals surface area contributed by atoms with Crippen molar-refractivity contribution in [2.75, 3.05) is 32.7 Å². The topological polar surface area (TPSA) is 81.2 Å². The van der Waals surface area contributed by atoms with Crippen molar-refractivity contribution in [1.82, 2.24) is 5.32 Å². The first-order valence-electron chi connectivity index (χ1n) is 10.2. The molecule has 0 saturated carbocycles. The maximum absolute atomic E-state index is 12.8. The summed E-state index contributed by atoms with van der Waals surface area (Å²) in [6, 6.07) is 13.0. The molecule has 7 heteroatoms. The van der Waals surface area contributed by atoms with Crippen LogP contribution in [0.5, 0.6) is 11.5 Å². The van der Waals surface area contributed by atoms with Gasteiger partial charge in [-0.2, -0.15) is 0 Å². The van der Waals surface area contributed by atoms with Gasteiger partial charge in [-0.25, -0.2) is 4.99 Å². The lowest BCUT2D eigenvalue weighted by atomic mass is 10.1. The molecule has 2 aromatic carbocycles. The number of hydrogen-bond acceptors (Lipinski definition) is 5. The van der Waals surface area contributed by atoms with Gasteiger partial charge in [0.2, 0.25) is 5.96 Å². The summed E-state index contributed by atoms with van der Waals surface area (Å²) in [5, 5.41) is 6.06. The Labute approximate surface area is 177 Å². The van der Waals surface area contributed by atoms with Crippen molar-refractivity contribution >= 4 is 17.6 Å². The molecule has 1 aliphatic heterocycles. The van der Waals surface area contributed by atoms with Gasteiger partial charge in [0.15, 0.2) is 0 Å². The van der Waals surface area contributed by atoms with E-state index in [0.29, 0.717) is 35.3 Å². The van der Waals surface area contributed by atoms with Crippen LogP contribution in [0.1, 0.15) is 35.7 Å². The van der Waals surface area contributed by atoms with Gasteiger partial charge >= 0.3 is 0 Å². The molecule has 1 amide bonds. The molecule has 2 N–H and O–H groups in total. The van der Waals surface area contributed by atoms with Crippen molar-refractivity contribution in [1.29, 1.82) is 0 Å². The van der Waals surface area contributed by atoms with E-state index >= 15 is 0 Å². The highest BCUT2D eigenvalue weighted by atomic mass is 16.5. The lowest BCUT2D eigenvalue weighted by Crippen LogP contribution is -2.36. The molecule has 3 rings (SSSR count). The van der Waals surface area contributed by atoms with E-state index in [1.165, 1.54) is 5.56 Å². The Kier molecular flexibility index (Phi) is 7.68. The van der Waals surface area contributed by atoms with E-state index in [4.69, 9.17) is 14.2 Å². The quantitative estimate of drug-likeness (QED) is 0.537. The highest BCUT2D eigenvalue weighted by Gasteiger charge is 2.16. The summed E-state index contributed by atoms with van der Waals surface area (Å²) in [5.41, 5.74) is 2.45. The van der Waals surface area contributed by atoms with Gasteiger partial charge in [0.25, 0.3) is 5.91 Å². The third kappa shape index (κ3) is 5.97. The molecule has 0 spiro atoms. The van der Waals surface area contributed by atoms with E-state index in [-0.39, 0.29) is 12.0 Å². The molecule has 0 unspecified atom stereocenters. The van der Waals surface area contributed by atoms with Gasteiger partial charge in [-0.3, -0.25) is 10.1 Å². The normalized spacial score (nSPS) is 16.2. The SMILES string of the molecule is CCc1ccc(C(=O)NC(=NC[C@@H]2CCCO2)Nc2cc(OC)cc(OC)c2)cc1. The van der Waals surface area contributed by atoms with Gasteiger partial charge in [-0.05, 0) is 37.0 Å². The van der Waals surface area contributed by atoms with Crippen LogP contribution in [0, 0.1) is 0 Å². The number of carbonyl (C=O) groups excluding carboxylic acids is 1. The van der Waals surface area contributed by atoms with Crippen LogP contribution in [0.3, 0.4) is 0 Å². The van der Waals surface area contributed by atoms with E-state index in [1.807, 2.05) is 36.4 Å². The number of anilines is 1. The maximum Gasteiger partial charge on any atom is 0.257 e. The average Bonchev–Trinajstić information content (AvgIpc) is 3.30. The van der Waals surface area contributed by atoms with Crippen LogP contribution in [-0.4, -0.2) is 45.3 Å². The molecule has 0 bridgehead atoms. The van der Waals surface area contributed by atoms with Crippen molar-refractivity contribution in [3.8, 4) is 11.5 Å². The fraction of sp³-hybridized carbons (Fsp3) is 0.391. The van der Waals surface area contributed by atoms with Gasteiger partial charge < -0.3 is 19.5 Å². The van der Waals surface area contributed by atoms with Crippen LogP contribution in [0.15, 0.2) is 47.5 Å². The van der Waals surface area contributed by atoms with Gasteiger partial charge in [0.1, 0.15) is 11.5 Å². The van der Waals surface area contributed by atoms with Gasteiger partial charge in [-0.15, -0.1) is 0 Å². The monoisotopic (exact) mass is 411 g/mol. The van der Waals surface area contributed by atoms with Crippen LogP contribution in [0.4, 0.5) is 5.69 Å². The number of nitrogens with one attached hydrogen (secondary N) is 2. The summed E-state index contributed by atoms with van der Waals surface area (Å²) < 4.78 is 16.3. The molecule has 160 valence electrons. The van der Waals surface area contributed by atoms with Crippen molar-refractivity contribution < 1.29 is 19.0 Å². The molecule has 7 nitrogen and oxygen atoms in total. The summed E-state index contributed by atoms with van der Waals surface area (Å²) in [5.74, 6) is 1.39. The molecule has 2 aromatic rings. The van der Waals surface area contributed by atoms with E-state index in [0.717, 1.165) is 25.9 Å². The first-order valence-corrected chi connectivity index (χ1v) is 10.2. The van der Waals surface area contributed by atoms with Crippen LogP contribution in [-0.2, 0) is 11.2 Å². The molecule has 1 saturated heterocycles. The van der Waals surface area contributed by atoms with Crippen LogP contribution in [0.2, 0.25) is 0 Å². The van der Waals surface area contributed by atoms with Crippen molar-refractivity contribution in [2.24, 2.45) is 4.99 Å². The molecule has 0 aromatic heterocycles. The number of rotatable bonds is 7. The number of hydrogen-bond donors (Lipinski definition) is 2. The Morgan fingerprint density at radius 1 is 1.13 bits per heavy atom. The second kappa shape index (κ2) is 10.6. The highest BCUT2D eigenvalue weighted by Crippen LogP contribution is 2.25. The number of methoxy groups -OCH3 is 2. The van der Waals surface area contributed by atoms with Crippen LogP contribution < -0.4 is 20.1 Å². The molecule has 0 radical (unpaired) electrons. The van der Waals surface area contributed by atoms with Crippen molar-refractivity contribution in [3.05, 3.63) is 53.6 Å². The standard InChI is InChI=1S/C23H29N3O4/c1-4-16-7-9-17(10-8-16)22(27)26-23(24-15-19-6-5-11-30-19)25-18-12-20(28-2)14-21(13-18)29-3/h7-10,12-14,19H,4-6,11,15H2,1-3H3,(H2,24,25,26,27)/t19-/m0/s1. The zero-order chi connectivity index (χ0) is 21.3. The minimum Gasteiger partial charge on any atom is -0.497 e. The van der Waals surface area contributed by atoms with E-state index in [1.54, 1.807) is 20.3 Å². The average molecular weight is 412 g/mol. The Balaban J connectivity index is 1.78. The molecule has 1 atom stereocenters. The number of nitrogens with zero attached hydrogens (tertiary/aromatic N) is 1. The summed E-state index contributed by atoms with van der Waals surface area (Å²) in [7, 11) is 3.18. The van der Waals surface area contributed by atoms with Crippen LogP contribution in [0.25, 0.3) is 0 Å². The lowest BCUT2D eigenvalue weighted by molar-refractivity contribution is 0.0975. The van der Waals surface area contributed by atoms with Crippen LogP contribution >= 0.6 is 0 Å². The van der Waals surface area contributed by atoms with Gasteiger partial charge in [0.05, 0.1) is 26.9 Å². The third-order valence-electron chi connectivity index (χ3n) is 4.95. The summed E-state index contributed by atoms with van der Waals surface area (Å²) in [4.78, 5) is 17.4. The fourth-order valence-electron chi connectivity index (χ4n) is 3.18. The van der Waals surface area contributed by atoms with E-state index < -0.39 is 0 Å². The summed E-state index contributed by atoms with van der Waals surface area (Å²) >= 11 is 0.